The number of amides is 1. The number of carboxylic acids is 1. The number of carbonyl (C=O) groups is 2. The maximum absolute atomic E-state index is 12.9. The summed E-state index contributed by atoms with van der Waals surface area (Å²) >= 11 is 6.18. The number of ether oxygens (including phenoxy) is 1. The van der Waals surface area contributed by atoms with Crippen LogP contribution >= 0.6 is 11.6 Å². The molecule has 13 heteroatoms. The van der Waals surface area contributed by atoms with Crippen LogP contribution in [0.3, 0.4) is 0 Å². The Balaban J connectivity index is 1.45. The van der Waals surface area contributed by atoms with Crippen molar-refractivity contribution in [1.29, 1.82) is 5.26 Å². The zero-order chi connectivity index (χ0) is 27.4. The highest BCUT2D eigenvalue weighted by molar-refractivity contribution is 6.31. The van der Waals surface area contributed by atoms with Gasteiger partial charge in [-0.3, -0.25) is 15.4 Å². The fraction of sp³-hybridized carbons (Fsp3) is 0.400. The van der Waals surface area contributed by atoms with Gasteiger partial charge in [0.1, 0.15) is 18.1 Å². The Morgan fingerprint density at radius 2 is 2.05 bits per heavy atom. The zero-order valence-corrected chi connectivity index (χ0v) is 20.6. The average Bonchev–Trinajstić information content (AvgIpc) is 2.87. The predicted octanol–water partition coefficient (Wildman–Crippen LogP) is 2.73. The van der Waals surface area contributed by atoms with Crippen LogP contribution in [-0.2, 0) is 4.79 Å². The first-order valence-corrected chi connectivity index (χ1v) is 12.2. The SMILES string of the molecule is N#CC1NCC(CCOc2ccc(Cl)cc2-c2cccc(C(=O)O)c2)C2C(=O)NC(NCC(F)(F)F)NC12. The van der Waals surface area contributed by atoms with Gasteiger partial charge < -0.3 is 20.5 Å². The first kappa shape index (κ1) is 27.7. The van der Waals surface area contributed by atoms with E-state index in [-0.39, 0.29) is 18.1 Å². The lowest BCUT2D eigenvalue weighted by Gasteiger charge is -2.46. The number of halogens is 4. The van der Waals surface area contributed by atoms with Gasteiger partial charge in [0.05, 0.1) is 36.7 Å². The molecule has 0 aromatic heterocycles. The maximum atomic E-state index is 12.9. The van der Waals surface area contributed by atoms with Crippen LogP contribution in [0.2, 0.25) is 5.02 Å². The Morgan fingerprint density at radius 3 is 2.76 bits per heavy atom. The van der Waals surface area contributed by atoms with Gasteiger partial charge in [0, 0.05) is 17.1 Å². The fourth-order valence-corrected chi connectivity index (χ4v) is 4.98. The lowest BCUT2D eigenvalue weighted by Crippen LogP contribution is -2.74. The molecule has 2 aliphatic heterocycles. The Hall–Kier alpha value is -3.37. The highest BCUT2D eigenvalue weighted by Crippen LogP contribution is 2.34. The number of rotatable bonds is 8. The molecule has 0 radical (unpaired) electrons. The summed E-state index contributed by atoms with van der Waals surface area (Å²) in [4.78, 5) is 24.3. The minimum absolute atomic E-state index is 0.110. The maximum Gasteiger partial charge on any atom is 0.401 e. The summed E-state index contributed by atoms with van der Waals surface area (Å²) in [6.45, 7) is -0.779. The molecule has 4 rings (SSSR count). The number of carboxylic acid groups (broad SMARTS) is 1. The molecule has 38 heavy (non-hydrogen) atoms. The van der Waals surface area contributed by atoms with E-state index in [1.54, 1.807) is 30.3 Å². The Labute approximate surface area is 221 Å². The van der Waals surface area contributed by atoms with E-state index >= 15 is 0 Å². The van der Waals surface area contributed by atoms with Gasteiger partial charge in [-0.05, 0) is 48.2 Å². The number of benzene rings is 2. The number of nitriles is 1. The van der Waals surface area contributed by atoms with E-state index in [4.69, 9.17) is 16.3 Å². The first-order valence-electron chi connectivity index (χ1n) is 11.8. The number of nitrogens with one attached hydrogen (secondary N) is 4. The van der Waals surface area contributed by atoms with Gasteiger partial charge in [0.2, 0.25) is 5.91 Å². The number of carbonyl (C=O) groups excluding carboxylic acids is 1. The highest BCUT2D eigenvalue weighted by atomic mass is 35.5. The summed E-state index contributed by atoms with van der Waals surface area (Å²) in [7, 11) is 0. The lowest BCUT2D eigenvalue weighted by atomic mass is 9.76. The quantitative estimate of drug-likeness (QED) is 0.338. The number of hydrogen-bond donors (Lipinski definition) is 5. The minimum atomic E-state index is -4.46. The largest absolute Gasteiger partial charge is 0.493 e. The van der Waals surface area contributed by atoms with Crippen molar-refractivity contribution in [2.45, 2.75) is 31.0 Å². The van der Waals surface area contributed by atoms with Gasteiger partial charge in [-0.25, -0.2) is 4.79 Å². The van der Waals surface area contributed by atoms with Crippen molar-refractivity contribution in [3.05, 3.63) is 53.1 Å². The van der Waals surface area contributed by atoms with Gasteiger partial charge in [-0.2, -0.15) is 18.4 Å². The highest BCUT2D eigenvalue weighted by Gasteiger charge is 2.47. The molecule has 5 atom stereocenters. The Kier molecular flexibility index (Phi) is 8.42. The second-order valence-electron chi connectivity index (χ2n) is 9.09. The Morgan fingerprint density at radius 1 is 1.26 bits per heavy atom. The molecule has 0 saturated carbocycles. The van der Waals surface area contributed by atoms with Crippen molar-refractivity contribution in [1.82, 2.24) is 21.3 Å². The second-order valence-corrected chi connectivity index (χ2v) is 9.53. The molecule has 2 saturated heterocycles. The van der Waals surface area contributed by atoms with E-state index < -0.39 is 48.9 Å². The second kappa shape index (κ2) is 11.6. The van der Waals surface area contributed by atoms with E-state index in [1.807, 2.05) is 0 Å². The molecule has 0 bridgehead atoms. The van der Waals surface area contributed by atoms with Crippen molar-refractivity contribution in [3.63, 3.8) is 0 Å². The molecule has 2 aromatic rings. The molecule has 2 aromatic carbocycles. The summed E-state index contributed by atoms with van der Waals surface area (Å²) in [5.41, 5.74) is 1.31. The molecule has 9 nitrogen and oxygen atoms in total. The van der Waals surface area contributed by atoms with Crippen LogP contribution < -0.4 is 26.0 Å². The number of piperidine rings is 1. The lowest BCUT2D eigenvalue weighted by molar-refractivity contribution is -0.139. The molecule has 0 spiro atoms. The minimum Gasteiger partial charge on any atom is -0.493 e. The van der Waals surface area contributed by atoms with Crippen LogP contribution in [0.25, 0.3) is 11.1 Å². The molecule has 2 aliphatic rings. The van der Waals surface area contributed by atoms with Gasteiger partial charge >= 0.3 is 12.1 Å². The van der Waals surface area contributed by atoms with Gasteiger partial charge in [0.25, 0.3) is 0 Å². The van der Waals surface area contributed by atoms with E-state index in [0.717, 1.165) is 0 Å². The van der Waals surface area contributed by atoms with Crippen LogP contribution in [0, 0.1) is 23.2 Å². The van der Waals surface area contributed by atoms with Crippen molar-refractivity contribution in [3.8, 4) is 22.9 Å². The molecule has 0 aliphatic carbocycles. The van der Waals surface area contributed by atoms with Crippen molar-refractivity contribution in [2.24, 2.45) is 11.8 Å². The van der Waals surface area contributed by atoms with Gasteiger partial charge in [-0.1, -0.05) is 23.7 Å². The van der Waals surface area contributed by atoms with Gasteiger partial charge in [0.15, 0.2) is 0 Å². The Bertz CT molecular complexity index is 1240. The molecular weight excluding hydrogens is 527 g/mol. The van der Waals surface area contributed by atoms with Crippen molar-refractivity contribution < 1.29 is 32.6 Å². The standard InChI is InChI=1S/C25H25ClF3N5O4/c26-16-4-5-19(17(9-16)13-2-1-3-14(8-13)23(36)37)38-7-6-15-11-31-18(10-30)21-20(15)22(35)34-24(33-21)32-12-25(27,28)29/h1-5,8-9,15,18,20-21,24,31-33H,6-7,11-12H2,(H,34,35)(H,36,37). The van der Waals surface area contributed by atoms with Crippen molar-refractivity contribution in [2.75, 3.05) is 19.7 Å². The molecule has 5 unspecified atom stereocenters. The van der Waals surface area contributed by atoms with Gasteiger partial charge in [-0.15, -0.1) is 0 Å². The number of nitrogens with zero attached hydrogens (tertiary/aromatic N) is 1. The van der Waals surface area contributed by atoms with E-state index in [1.165, 1.54) is 12.1 Å². The summed E-state index contributed by atoms with van der Waals surface area (Å²) in [6.07, 6.45) is -5.19. The van der Waals surface area contributed by atoms with E-state index in [9.17, 15) is 33.1 Å². The third-order valence-electron chi connectivity index (χ3n) is 6.56. The van der Waals surface area contributed by atoms with Crippen LogP contribution in [0.15, 0.2) is 42.5 Å². The van der Waals surface area contributed by atoms with E-state index in [0.29, 0.717) is 34.9 Å². The molecule has 5 N–H and O–H groups in total. The van der Waals surface area contributed by atoms with Crippen LogP contribution in [-0.4, -0.2) is 61.2 Å². The molecular formula is C25H25ClF3N5O4. The summed E-state index contributed by atoms with van der Waals surface area (Å²) in [5.74, 6) is -1.98. The fourth-order valence-electron chi connectivity index (χ4n) is 4.81. The topological polar surface area (TPSA) is 136 Å². The third-order valence-corrected chi connectivity index (χ3v) is 6.79. The monoisotopic (exact) mass is 551 g/mol. The third kappa shape index (κ3) is 6.54. The number of aromatic carboxylic acids is 1. The first-order chi connectivity index (χ1) is 18.1. The smallest absolute Gasteiger partial charge is 0.401 e. The average molecular weight is 552 g/mol. The van der Waals surface area contributed by atoms with Crippen LogP contribution in [0.5, 0.6) is 5.75 Å². The summed E-state index contributed by atoms with van der Waals surface area (Å²) in [5, 5.41) is 30.0. The normalized spacial score (nSPS) is 25.1. The van der Waals surface area contributed by atoms with E-state index in [2.05, 4.69) is 27.3 Å². The van der Waals surface area contributed by atoms with Crippen molar-refractivity contribution >= 4 is 23.5 Å². The molecule has 202 valence electrons. The molecule has 2 fully saturated rings. The number of alkyl halides is 3. The predicted molar refractivity (Wildman–Crippen MR) is 131 cm³/mol. The van der Waals surface area contributed by atoms with Crippen LogP contribution in [0.4, 0.5) is 13.2 Å². The number of hydrogen-bond acceptors (Lipinski definition) is 7. The zero-order valence-electron chi connectivity index (χ0n) is 19.9. The summed E-state index contributed by atoms with van der Waals surface area (Å²) < 4.78 is 43.9. The molecule has 1 amide bonds. The van der Waals surface area contributed by atoms with Crippen LogP contribution in [0.1, 0.15) is 16.8 Å². The number of fused-ring (bicyclic) bond motifs is 1. The summed E-state index contributed by atoms with van der Waals surface area (Å²) in [6, 6.07) is 11.9. The molecule has 2 heterocycles.